The molecule has 1 aliphatic heterocycles. The maximum Gasteiger partial charge on any atom is 0.315 e. The third kappa shape index (κ3) is 8.04. The molecule has 0 saturated heterocycles. The fourth-order valence-corrected chi connectivity index (χ4v) is 2.48. The number of aliphatic hydroxyl groups excluding tert-OH is 1. The van der Waals surface area contributed by atoms with Crippen LogP contribution in [0.4, 0.5) is 4.79 Å². The van der Waals surface area contributed by atoms with E-state index in [1.165, 1.54) is 20.0 Å². The highest BCUT2D eigenvalue weighted by Gasteiger charge is 2.29. The van der Waals surface area contributed by atoms with Gasteiger partial charge >= 0.3 is 6.03 Å². The topological polar surface area (TPSA) is 137 Å². The summed E-state index contributed by atoms with van der Waals surface area (Å²) in [6.45, 7) is 3.51. The number of hydrogen-bond acceptors (Lipinski definition) is 5. The van der Waals surface area contributed by atoms with Crippen LogP contribution < -0.4 is 21.3 Å². The van der Waals surface area contributed by atoms with E-state index in [2.05, 4.69) is 21.3 Å². The van der Waals surface area contributed by atoms with Crippen LogP contribution >= 0.6 is 0 Å². The number of carbonyl (C=O) groups excluding carboxylic acids is 4. The van der Waals surface area contributed by atoms with Gasteiger partial charge < -0.3 is 26.4 Å². The second kappa shape index (κ2) is 11.1. The maximum absolute atomic E-state index is 12.6. The summed E-state index contributed by atoms with van der Waals surface area (Å²) in [6, 6.07) is -2.11. The Kier molecular flexibility index (Phi) is 9.21. The molecule has 0 fully saturated rings. The molecule has 150 valence electrons. The summed E-state index contributed by atoms with van der Waals surface area (Å²) in [5, 5.41) is 19.9. The highest BCUT2D eigenvalue weighted by atomic mass is 16.3. The molecule has 0 bridgehead atoms. The lowest BCUT2D eigenvalue weighted by molar-refractivity contribution is -0.130. The van der Waals surface area contributed by atoms with Crippen molar-refractivity contribution >= 4 is 23.6 Å². The van der Waals surface area contributed by atoms with Crippen LogP contribution in [-0.4, -0.2) is 60.5 Å². The molecule has 9 heteroatoms. The molecular weight excluding hydrogens is 352 g/mol. The summed E-state index contributed by atoms with van der Waals surface area (Å²) >= 11 is 0. The van der Waals surface area contributed by atoms with E-state index in [0.717, 1.165) is 0 Å². The zero-order chi connectivity index (χ0) is 20.4. The van der Waals surface area contributed by atoms with E-state index in [0.29, 0.717) is 13.0 Å². The average Bonchev–Trinajstić information content (AvgIpc) is 2.61. The lowest BCUT2D eigenvalue weighted by Gasteiger charge is -2.22. The van der Waals surface area contributed by atoms with E-state index in [9.17, 15) is 24.3 Å². The SMILES string of the molecule is CNC(=O)NC(C(=O)C[C@H]1/C=C/CCNC(=O)/C=C/[C@H](C)NC1=O)C(C)O. The summed E-state index contributed by atoms with van der Waals surface area (Å²) < 4.78 is 0. The molecule has 4 atom stereocenters. The Morgan fingerprint density at radius 1 is 1.33 bits per heavy atom. The average molecular weight is 380 g/mol. The monoisotopic (exact) mass is 380 g/mol. The van der Waals surface area contributed by atoms with Crippen LogP contribution in [0.25, 0.3) is 0 Å². The summed E-state index contributed by atoms with van der Waals surface area (Å²) in [5.74, 6) is -1.82. The van der Waals surface area contributed by atoms with E-state index < -0.39 is 35.9 Å². The third-order valence-electron chi connectivity index (χ3n) is 3.99. The van der Waals surface area contributed by atoms with Crippen molar-refractivity contribution in [3.63, 3.8) is 0 Å². The molecule has 1 rings (SSSR count). The first kappa shape index (κ1) is 22.4. The van der Waals surface area contributed by atoms with Gasteiger partial charge in [-0.05, 0) is 20.3 Å². The summed E-state index contributed by atoms with van der Waals surface area (Å²) in [6.07, 6.45) is 5.46. The number of carbonyl (C=O) groups is 4. The van der Waals surface area contributed by atoms with Crippen molar-refractivity contribution in [1.29, 1.82) is 0 Å². The molecule has 0 saturated carbocycles. The number of ketones is 1. The van der Waals surface area contributed by atoms with Crippen LogP contribution in [0.1, 0.15) is 26.7 Å². The number of amides is 4. The van der Waals surface area contributed by atoms with Crippen LogP contribution in [0.2, 0.25) is 0 Å². The largest absolute Gasteiger partial charge is 0.391 e. The maximum atomic E-state index is 12.6. The van der Waals surface area contributed by atoms with Crippen molar-refractivity contribution in [1.82, 2.24) is 21.3 Å². The molecule has 0 radical (unpaired) electrons. The molecule has 2 unspecified atom stereocenters. The van der Waals surface area contributed by atoms with Crippen LogP contribution in [-0.2, 0) is 14.4 Å². The minimum Gasteiger partial charge on any atom is -0.391 e. The van der Waals surface area contributed by atoms with Crippen LogP contribution in [0.3, 0.4) is 0 Å². The van der Waals surface area contributed by atoms with Crippen molar-refractivity contribution < 1.29 is 24.3 Å². The first-order valence-electron chi connectivity index (χ1n) is 8.86. The molecular formula is C18H28N4O5. The number of hydrogen-bond donors (Lipinski definition) is 5. The van der Waals surface area contributed by atoms with Crippen molar-refractivity contribution in [2.24, 2.45) is 5.92 Å². The standard InChI is InChI=1S/C18H28N4O5/c1-11-7-8-15(25)20-9-5-4-6-13(17(26)21-11)10-14(24)16(12(2)23)22-18(27)19-3/h4,6-8,11-13,16,23H,5,9-10H2,1-3H3,(H,20,25)(H,21,26)(H2,19,22,27)/b6-4+,8-7+/t11-,12?,13+,16?/m0/s1. The number of rotatable bonds is 5. The Bertz CT molecular complexity index is 615. The molecule has 5 N–H and O–H groups in total. The van der Waals surface area contributed by atoms with Crippen molar-refractivity contribution in [3.8, 4) is 0 Å². The Morgan fingerprint density at radius 2 is 2.04 bits per heavy atom. The smallest absolute Gasteiger partial charge is 0.315 e. The van der Waals surface area contributed by atoms with E-state index in [-0.39, 0.29) is 18.2 Å². The highest BCUT2D eigenvalue weighted by molar-refractivity contribution is 5.93. The summed E-state index contributed by atoms with van der Waals surface area (Å²) in [5.41, 5.74) is 0. The van der Waals surface area contributed by atoms with Crippen LogP contribution in [0.5, 0.6) is 0 Å². The molecule has 0 spiro atoms. The first-order chi connectivity index (χ1) is 12.7. The lowest BCUT2D eigenvalue weighted by Crippen LogP contribution is -2.51. The van der Waals surface area contributed by atoms with Gasteiger partial charge in [0, 0.05) is 32.1 Å². The van der Waals surface area contributed by atoms with Gasteiger partial charge in [0.15, 0.2) is 5.78 Å². The Labute approximate surface area is 158 Å². The molecule has 27 heavy (non-hydrogen) atoms. The van der Waals surface area contributed by atoms with Gasteiger partial charge in [0.05, 0.1) is 12.0 Å². The molecule has 0 aromatic rings. The van der Waals surface area contributed by atoms with Crippen molar-refractivity contribution in [3.05, 3.63) is 24.3 Å². The zero-order valence-electron chi connectivity index (χ0n) is 15.8. The predicted octanol–water partition coefficient (Wildman–Crippen LogP) is -0.623. The highest BCUT2D eigenvalue weighted by Crippen LogP contribution is 2.12. The zero-order valence-corrected chi connectivity index (χ0v) is 15.8. The number of aliphatic hydroxyl groups is 1. The first-order valence-corrected chi connectivity index (χ1v) is 8.86. The number of urea groups is 1. The molecule has 1 aliphatic rings. The third-order valence-corrected chi connectivity index (χ3v) is 3.99. The van der Waals surface area contributed by atoms with E-state index in [4.69, 9.17) is 0 Å². The molecule has 0 aliphatic carbocycles. The van der Waals surface area contributed by atoms with E-state index in [1.807, 2.05) is 0 Å². The molecule has 0 aromatic heterocycles. The van der Waals surface area contributed by atoms with Gasteiger partial charge in [-0.15, -0.1) is 0 Å². The van der Waals surface area contributed by atoms with E-state index >= 15 is 0 Å². The van der Waals surface area contributed by atoms with Gasteiger partial charge in [0.1, 0.15) is 6.04 Å². The molecule has 9 nitrogen and oxygen atoms in total. The number of Topliss-reactive ketones (excluding diaryl/α,β-unsaturated/α-hetero) is 1. The van der Waals surface area contributed by atoms with Gasteiger partial charge in [-0.3, -0.25) is 14.4 Å². The van der Waals surface area contributed by atoms with Crippen molar-refractivity contribution in [2.45, 2.75) is 44.9 Å². The minimum atomic E-state index is -1.12. The fraction of sp³-hybridized carbons (Fsp3) is 0.556. The molecule has 1 heterocycles. The van der Waals surface area contributed by atoms with Gasteiger partial charge in [-0.1, -0.05) is 18.2 Å². The Morgan fingerprint density at radius 3 is 2.67 bits per heavy atom. The minimum absolute atomic E-state index is 0.176. The second-order valence-electron chi connectivity index (χ2n) is 6.38. The van der Waals surface area contributed by atoms with Gasteiger partial charge in [-0.25, -0.2) is 4.79 Å². The summed E-state index contributed by atoms with van der Waals surface area (Å²) in [4.78, 5) is 48.1. The normalized spacial score (nSPS) is 25.5. The Hall–Kier alpha value is -2.68. The van der Waals surface area contributed by atoms with Crippen LogP contribution in [0.15, 0.2) is 24.3 Å². The fourth-order valence-electron chi connectivity index (χ4n) is 2.48. The number of nitrogens with one attached hydrogen (secondary N) is 4. The Balaban J connectivity index is 2.90. The van der Waals surface area contributed by atoms with Gasteiger partial charge in [0.25, 0.3) is 0 Å². The quantitative estimate of drug-likeness (QED) is 0.405. The predicted molar refractivity (Wildman–Crippen MR) is 99.7 cm³/mol. The second-order valence-corrected chi connectivity index (χ2v) is 6.38. The molecule has 4 amide bonds. The van der Waals surface area contributed by atoms with Crippen molar-refractivity contribution in [2.75, 3.05) is 13.6 Å². The molecule has 0 aromatic carbocycles. The van der Waals surface area contributed by atoms with Crippen LogP contribution in [0, 0.1) is 5.92 Å². The van der Waals surface area contributed by atoms with E-state index in [1.54, 1.807) is 25.2 Å². The van der Waals surface area contributed by atoms with Gasteiger partial charge in [0.2, 0.25) is 11.8 Å². The lowest BCUT2D eigenvalue weighted by atomic mass is 9.94. The summed E-state index contributed by atoms with van der Waals surface area (Å²) in [7, 11) is 1.40. The van der Waals surface area contributed by atoms with Gasteiger partial charge in [-0.2, -0.15) is 0 Å².